The largest absolute Gasteiger partial charge is 0.506 e. The zero-order valence-electron chi connectivity index (χ0n) is 37.1. The van der Waals surface area contributed by atoms with Crippen LogP contribution in [0.4, 0.5) is 0 Å². The van der Waals surface area contributed by atoms with E-state index in [0.717, 1.165) is 43.8 Å². The summed E-state index contributed by atoms with van der Waals surface area (Å²) in [6, 6.07) is 24.4. The minimum Gasteiger partial charge on any atom is -0.506 e. The molecule has 10 rings (SSSR count). The Balaban J connectivity index is 0.00000264. The predicted molar refractivity (Wildman–Crippen MR) is 247 cm³/mol. The quantitative estimate of drug-likeness (QED) is 0.144. The van der Waals surface area contributed by atoms with Crippen molar-refractivity contribution >= 4 is 98.8 Å². The number of hydrogen-bond acceptors (Lipinski definition) is 8. The van der Waals surface area contributed by atoms with Crippen LogP contribution in [0.5, 0.6) is 11.5 Å². The molecule has 0 aliphatic rings. The van der Waals surface area contributed by atoms with Crippen LogP contribution in [0.1, 0.15) is 105 Å². The van der Waals surface area contributed by atoms with Crippen molar-refractivity contribution in [1.82, 2.24) is 19.9 Å². The molecule has 2 N–H and O–H groups in total. The topological polar surface area (TPSA) is 118 Å². The molecule has 0 aliphatic heterocycles. The van der Waals surface area contributed by atoms with Crippen LogP contribution < -0.4 is 0 Å². The van der Waals surface area contributed by atoms with Crippen molar-refractivity contribution in [3.05, 3.63) is 95.1 Å². The van der Waals surface area contributed by atoms with E-state index in [1.54, 1.807) is 0 Å². The predicted octanol–water partition coefficient (Wildman–Crippen LogP) is 14.0. The first-order chi connectivity index (χ1) is 28.1. The monoisotopic (exact) mass is 912 g/mol. The molecule has 320 valence electrons. The maximum atomic E-state index is 12.4. The molecule has 0 aliphatic carbocycles. The van der Waals surface area contributed by atoms with Gasteiger partial charge in [-0.05, 0) is 86.7 Å². The summed E-state index contributed by atoms with van der Waals surface area (Å²) < 4.78 is 13.8. The SMILES string of the molecule is CC(C)(C)c1cc2c(O)c(c1)c1nc3c(o1)c(C(C)(C)C)cc1cc(C(C)(C)C)c4oc(nc4c13)c1cc(C(C)(C)C)cc(c1O)c1ccc3ccc4ccc2nc4c3n1.[Co].[Co]. The van der Waals surface area contributed by atoms with Gasteiger partial charge in [0.05, 0.1) is 32.8 Å². The van der Waals surface area contributed by atoms with Crippen molar-refractivity contribution < 1.29 is 52.6 Å². The number of phenols is 2. The molecule has 12 bridgehead atoms. The average molecular weight is 913 g/mol. The minimum atomic E-state index is -0.330. The molecule has 0 unspecified atom stereocenters. The summed E-state index contributed by atoms with van der Waals surface area (Å²) >= 11 is 0. The molecule has 5 aromatic carbocycles. The summed E-state index contributed by atoms with van der Waals surface area (Å²) in [7, 11) is 0. The molecular formula is C52H50Co2N4O4. The molecule has 0 saturated carbocycles. The molecule has 0 amide bonds. The molecule has 0 fully saturated rings. The zero-order valence-corrected chi connectivity index (χ0v) is 39.2. The van der Waals surface area contributed by atoms with Gasteiger partial charge < -0.3 is 19.0 Å². The Morgan fingerprint density at radius 2 is 0.758 bits per heavy atom. The van der Waals surface area contributed by atoms with E-state index in [1.165, 1.54) is 0 Å². The molecule has 5 heterocycles. The van der Waals surface area contributed by atoms with Gasteiger partial charge in [-0.25, -0.2) is 19.9 Å². The number of fused-ring (bicyclic) bond motifs is 12. The third kappa shape index (κ3) is 6.69. The Labute approximate surface area is 380 Å². The Morgan fingerprint density at radius 3 is 1.11 bits per heavy atom. The number of pyridine rings is 2. The van der Waals surface area contributed by atoms with Crippen LogP contribution in [-0.4, -0.2) is 30.1 Å². The molecule has 62 heavy (non-hydrogen) atoms. The summed E-state index contributed by atoms with van der Waals surface area (Å²) in [6.45, 7) is 25.9. The van der Waals surface area contributed by atoms with Crippen LogP contribution in [0, 0.1) is 0 Å². The fourth-order valence-corrected chi connectivity index (χ4v) is 8.62. The molecule has 0 spiro atoms. The van der Waals surface area contributed by atoms with Crippen molar-refractivity contribution in [2.24, 2.45) is 0 Å². The van der Waals surface area contributed by atoms with Crippen LogP contribution in [0.25, 0.3) is 98.8 Å². The second kappa shape index (κ2) is 14.1. The Morgan fingerprint density at radius 1 is 0.403 bits per heavy atom. The van der Waals surface area contributed by atoms with Gasteiger partial charge in [0.25, 0.3) is 0 Å². The van der Waals surface area contributed by atoms with E-state index in [1.807, 2.05) is 60.7 Å². The number of phenolic OH excluding ortho intramolecular Hbond substituents is 2. The summed E-state index contributed by atoms with van der Waals surface area (Å²) in [5.74, 6) is 0.0451. The normalized spacial score (nSPS) is 13.0. The van der Waals surface area contributed by atoms with E-state index < -0.39 is 0 Å². The van der Waals surface area contributed by atoms with Crippen molar-refractivity contribution in [1.29, 1.82) is 0 Å². The molecular weight excluding hydrogens is 862 g/mol. The van der Waals surface area contributed by atoms with E-state index in [-0.39, 0.29) is 66.7 Å². The molecule has 8 nitrogen and oxygen atoms in total. The van der Waals surface area contributed by atoms with Gasteiger partial charge in [0.1, 0.15) is 22.5 Å². The average Bonchev–Trinajstić information content (AvgIpc) is 3.80. The number of aromatic hydroxyl groups is 2. The third-order valence-corrected chi connectivity index (χ3v) is 12.2. The first kappa shape index (κ1) is 43.4. The van der Waals surface area contributed by atoms with Gasteiger partial charge in [0.2, 0.25) is 11.4 Å². The summed E-state index contributed by atoms with van der Waals surface area (Å²) in [6.07, 6.45) is 0. The van der Waals surface area contributed by atoms with Crippen molar-refractivity contribution in [3.63, 3.8) is 0 Å². The zero-order chi connectivity index (χ0) is 42.6. The third-order valence-electron chi connectivity index (χ3n) is 12.2. The maximum Gasteiger partial charge on any atom is 0.231 e. The van der Waals surface area contributed by atoms with Gasteiger partial charge in [-0.3, -0.25) is 0 Å². The molecule has 10 heteroatoms. The number of oxazole rings is 2. The first-order valence-electron chi connectivity index (χ1n) is 20.7. The molecule has 0 atom stereocenters. The molecule has 10 aromatic rings. The number of nitrogens with zero attached hydrogens (tertiary/aromatic N) is 4. The Hall–Kier alpha value is -5.27. The molecule has 5 aromatic heterocycles. The van der Waals surface area contributed by atoms with Crippen LogP contribution >= 0.6 is 0 Å². The van der Waals surface area contributed by atoms with Crippen LogP contribution in [0.3, 0.4) is 0 Å². The number of benzene rings is 5. The van der Waals surface area contributed by atoms with Gasteiger partial charge in [-0.15, -0.1) is 0 Å². The van der Waals surface area contributed by atoms with Crippen molar-refractivity contribution in [2.75, 3.05) is 0 Å². The number of hydrogen-bond donors (Lipinski definition) is 2. The van der Waals surface area contributed by atoms with Gasteiger partial charge in [-0.1, -0.05) is 107 Å². The number of aromatic nitrogens is 4. The number of rotatable bonds is 0. The van der Waals surface area contributed by atoms with Crippen molar-refractivity contribution in [3.8, 4) is 11.5 Å². The molecule has 0 saturated heterocycles. The van der Waals surface area contributed by atoms with Crippen LogP contribution in [0.2, 0.25) is 0 Å². The van der Waals surface area contributed by atoms with Gasteiger partial charge in [-0.2, -0.15) is 0 Å². The summed E-state index contributed by atoms with van der Waals surface area (Å²) in [5, 5.41) is 30.4. The van der Waals surface area contributed by atoms with Crippen molar-refractivity contribution in [2.45, 2.75) is 105 Å². The fraction of sp³-hybridized carbons (Fsp3) is 0.308. The first-order valence-corrected chi connectivity index (χ1v) is 20.7. The van der Waals surface area contributed by atoms with E-state index >= 15 is 0 Å². The van der Waals surface area contributed by atoms with E-state index in [2.05, 4.69) is 95.2 Å². The summed E-state index contributed by atoms with van der Waals surface area (Å²) in [4.78, 5) is 21.1. The van der Waals surface area contributed by atoms with Gasteiger partial charge in [0, 0.05) is 71.6 Å². The Kier molecular flexibility index (Phi) is 9.88. The minimum absolute atomic E-state index is 0. The van der Waals surface area contributed by atoms with E-state index in [0.29, 0.717) is 77.2 Å². The van der Waals surface area contributed by atoms with Gasteiger partial charge in [0.15, 0.2) is 11.2 Å². The van der Waals surface area contributed by atoms with Crippen LogP contribution in [-0.2, 0) is 55.2 Å². The smallest absolute Gasteiger partial charge is 0.231 e. The molecule has 2 radical (unpaired) electrons. The standard InChI is InChI=1S/C52H50N4O4.2Co/c1-49(2,3)28-21-30-36-17-15-25-13-14-26-16-18-37(54-40(26)39(25)53-36)31-22-29(50(4,5)6)24-33(44(31)58)48-56-42-38-27(20-35(46(42)60-48)52(10,11)12)19-34(51(7,8)9)45-41(38)55-47(59-45)32(23-28)43(30)57;;/h13-24,57-58H,1-12H3;;. The second-order valence-electron chi connectivity index (χ2n) is 20.8. The fourth-order valence-electron chi connectivity index (χ4n) is 8.62. The Bertz CT molecular complexity index is 3330. The maximum absolute atomic E-state index is 12.4. The van der Waals surface area contributed by atoms with Crippen LogP contribution in [0.15, 0.2) is 81.6 Å². The second-order valence-corrected chi connectivity index (χ2v) is 20.8. The van der Waals surface area contributed by atoms with E-state index in [4.69, 9.17) is 28.8 Å². The van der Waals surface area contributed by atoms with Gasteiger partial charge >= 0.3 is 0 Å². The summed E-state index contributed by atoms with van der Waals surface area (Å²) in [5.41, 5.74) is 8.29. The van der Waals surface area contributed by atoms with E-state index in [9.17, 15) is 10.2 Å².